The summed E-state index contributed by atoms with van der Waals surface area (Å²) in [6.45, 7) is 5.74. The smallest absolute Gasteiger partial charge is 0.229 e. The van der Waals surface area contributed by atoms with Gasteiger partial charge in [-0.25, -0.2) is 12.8 Å². The van der Waals surface area contributed by atoms with Crippen LogP contribution in [0.5, 0.6) is 5.75 Å². The van der Waals surface area contributed by atoms with Gasteiger partial charge in [-0.3, -0.25) is 14.7 Å². The Morgan fingerprint density at radius 2 is 1.92 bits per heavy atom. The Morgan fingerprint density at radius 3 is 2.56 bits per heavy atom. The van der Waals surface area contributed by atoms with Crippen molar-refractivity contribution in [3.8, 4) is 5.75 Å². The van der Waals surface area contributed by atoms with Crippen molar-refractivity contribution in [2.75, 3.05) is 16.0 Å². The summed E-state index contributed by atoms with van der Waals surface area (Å²) >= 11 is 0.775. The number of hydrogen-bond acceptors (Lipinski definition) is 9. The number of halogens is 1. The van der Waals surface area contributed by atoms with Gasteiger partial charge in [-0.2, -0.15) is 9.46 Å². The Bertz CT molecular complexity index is 1440. The van der Waals surface area contributed by atoms with Crippen LogP contribution in [0.4, 0.5) is 15.8 Å². The van der Waals surface area contributed by atoms with Gasteiger partial charge >= 0.3 is 0 Å². The lowest BCUT2D eigenvalue weighted by Crippen LogP contribution is -2.44. The highest BCUT2D eigenvalue weighted by molar-refractivity contribution is 7.98. The van der Waals surface area contributed by atoms with Gasteiger partial charge in [0, 0.05) is 23.6 Å². The first kappa shape index (κ1) is 26.0. The molecule has 0 saturated carbocycles. The molecule has 2 aromatic rings. The first-order valence-corrected chi connectivity index (χ1v) is 13.8. The Hall–Kier alpha value is -3.09. The third kappa shape index (κ3) is 4.56. The number of benzene rings is 2. The van der Waals surface area contributed by atoms with Crippen molar-refractivity contribution in [1.29, 1.82) is 0 Å². The van der Waals surface area contributed by atoms with Crippen LogP contribution in [0.1, 0.15) is 44.7 Å². The molecule has 192 valence electrons. The molecule has 0 fully saturated rings. The fourth-order valence-corrected chi connectivity index (χ4v) is 5.76. The zero-order chi connectivity index (χ0) is 26.6. The highest BCUT2D eigenvalue weighted by Gasteiger charge is 2.47. The number of rotatable bonds is 6. The normalized spacial score (nSPS) is 19.8. The van der Waals surface area contributed by atoms with E-state index in [1.807, 2.05) is 13.8 Å². The molecule has 0 bridgehead atoms. The zero-order valence-electron chi connectivity index (χ0n) is 20.0. The molecule has 2 aliphatic rings. The molecule has 12 heteroatoms. The Labute approximate surface area is 212 Å². The second-order valence-corrected chi connectivity index (χ2v) is 12.1. The van der Waals surface area contributed by atoms with Crippen molar-refractivity contribution in [2.45, 2.75) is 43.9 Å². The molecular formula is C24H26FN3O6S2. The molecule has 1 atom stereocenters. The van der Waals surface area contributed by atoms with Crippen molar-refractivity contribution < 1.29 is 33.0 Å². The van der Waals surface area contributed by atoms with Crippen molar-refractivity contribution in [1.82, 2.24) is 0 Å². The molecule has 9 nitrogen and oxygen atoms in total. The number of phenols is 1. The number of hydrogen-bond donors (Lipinski definition) is 4. The second kappa shape index (κ2) is 9.09. The number of nitrogens with one attached hydrogen (secondary N) is 1. The molecule has 1 heterocycles. The molecular weight excluding hydrogens is 509 g/mol. The number of aliphatic hydroxyl groups excluding tert-OH is 1. The van der Waals surface area contributed by atoms with Crippen LogP contribution >= 0.6 is 11.9 Å². The number of aliphatic hydroxyl groups is 1. The van der Waals surface area contributed by atoms with Crippen LogP contribution in [0, 0.1) is 11.7 Å². The maximum Gasteiger partial charge on any atom is 0.229 e. The monoisotopic (exact) mass is 535 g/mol. The fourth-order valence-electron chi connectivity index (χ4n) is 4.40. The molecule has 0 radical (unpaired) electrons. The van der Waals surface area contributed by atoms with Crippen LogP contribution in [-0.4, -0.2) is 41.7 Å². The van der Waals surface area contributed by atoms with Crippen LogP contribution in [0.25, 0.3) is 5.76 Å². The number of fused-ring (bicyclic) bond motifs is 2. The maximum absolute atomic E-state index is 14.2. The number of ketones is 1. The first-order valence-electron chi connectivity index (χ1n) is 11.1. The van der Waals surface area contributed by atoms with Gasteiger partial charge in [-0.1, -0.05) is 19.9 Å². The number of sulfonamides is 1. The number of aromatic hydroxyl groups is 1. The van der Waals surface area contributed by atoms with Crippen molar-refractivity contribution in [3.05, 3.63) is 52.8 Å². The number of nitrogens with zero attached hydrogens (tertiary/aromatic N) is 2. The lowest BCUT2D eigenvalue weighted by Gasteiger charge is -2.37. The minimum Gasteiger partial charge on any atom is -0.506 e. The van der Waals surface area contributed by atoms with Crippen LogP contribution in [0.15, 0.2) is 45.2 Å². The van der Waals surface area contributed by atoms with Crippen LogP contribution < -0.4 is 9.79 Å². The van der Waals surface area contributed by atoms with Gasteiger partial charge in [-0.05, 0) is 49.4 Å². The lowest BCUT2D eigenvalue weighted by atomic mass is 9.66. The summed E-state index contributed by atoms with van der Waals surface area (Å²) < 4.78 is 43.8. The number of Topliss-reactive ketones (excluding diaryl/α,β-unsaturated/α-hetero) is 1. The predicted octanol–water partition coefficient (Wildman–Crippen LogP) is 4.76. The van der Waals surface area contributed by atoms with E-state index >= 15 is 0 Å². The highest BCUT2D eigenvalue weighted by atomic mass is 32.2. The summed E-state index contributed by atoms with van der Waals surface area (Å²) in [6.07, 6.45) is 2.04. The standard InChI is InChI=1S/C24H26FN3O6S2/c1-12(2)7-8-24(3)16-6-5-13(25)9-15(16)21(30)19(22(24)31)23-26-35-18-11-14(27-36(4,33)34)10-17(29)20(18)28(23)32/h5-6,9-12,27,29-30,32H,7-8H2,1-4H3/t24-/m0/s1. The van der Waals surface area contributed by atoms with E-state index in [0.717, 1.165) is 30.3 Å². The van der Waals surface area contributed by atoms with Gasteiger partial charge in [0.25, 0.3) is 0 Å². The quantitative estimate of drug-likeness (QED) is 0.388. The SMILES string of the molecule is CC(C)CC[C@]1(C)C(=O)C(C2=NSc3cc(NS(C)(=O)=O)cc(O)c3N2O)=C(O)c2cc(F)ccc21. The van der Waals surface area contributed by atoms with E-state index in [1.165, 1.54) is 18.2 Å². The number of carbonyl (C=O) groups is 1. The van der Waals surface area contributed by atoms with E-state index in [0.29, 0.717) is 23.5 Å². The molecule has 0 unspecified atom stereocenters. The molecule has 0 aromatic heterocycles. The summed E-state index contributed by atoms with van der Waals surface area (Å²) in [5, 5.41) is 33.2. The number of anilines is 2. The average molecular weight is 536 g/mol. The Kier molecular flexibility index (Phi) is 6.56. The Balaban J connectivity index is 1.84. The van der Waals surface area contributed by atoms with Crippen LogP contribution in [-0.2, 0) is 20.2 Å². The molecule has 4 rings (SSSR count). The number of phenolic OH excluding ortho intramolecular Hbond substituents is 1. The topological polar surface area (TPSA) is 140 Å². The van der Waals surface area contributed by atoms with Gasteiger partial charge < -0.3 is 10.2 Å². The van der Waals surface area contributed by atoms with Crippen molar-refractivity contribution in [3.63, 3.8) is 0 Å². The molecule has 36 heavy (non-hydrogen) atoms. The van der Waals surface area contributed by atoms with Gasteiger partial charge in [0.15, 0.2) is 11.6 Å². The van der Waals surface area contributed by atoms with E-state index < -0.39 is 38.5 Å². The van der Waals surface area contributed by atoms with E-state index in [1.54, 1.807) is 6.92 Å². The maximum atomic E-state index is 14.2. The van der Waals surface area contributed by atoms with Gasteiger partial charge in [0.2, 0.25) is 10.0 Å². The van der Waals surface area contributed by atoms with E-state index in [4.69, 9.17) is 0 Å². The summed E-state index contributed by atoms with van der Waals surface area (Å²) in [7, 11) is -3.63. The van der Waals surface area contributed by atoms with E-state index in [-0.39, 0.29) is 39.2 Å². The molecule has 4 N–H and O–H groups in total. The second-order valence-electron chi connectivity index (χ2n) is 9.54. The average Bonchev–Trinajstić information content (AvgIpc) is 2.76. The molecule has 0 spiro atoms. The van der Waals surface area contributed by atoms with Crippen LogP contribution in [0.2, 0.25) is 0 Å². The van der Waals surface area contributed by atoms with Gasteiger partial charge in [0.05, 0.1) is 22.3 Å². The Morgan fingerprint density at radius 1 is 1.22 bits per heavy atom. The van der Waals surface area contributed by atoms with Crippen molar-refractivity contribution in [2.24, 2.45) is 10.3 Å². The molecule has 0 amide bonds. The summed E-state index contributed by atoms with van der Waals surface area (Å²) in [5.41, 5.74) is -0.934. The zero-order valence-corrected chi connectivity index (χ0v) is 21.7. The number of carbonyl (C=O) groups excluding carboxylic acids is 1. The van der Waals surface area contributed by atoms with Crippen molar-refractivity contribution >= 4 is 50.7 Å². The molecule has 1 aliphatic heterocycles. The molecule has 1 aliphatic carbocycles. The molecule has 0 saturated heterocycles. The largest absolute Gasteiger partial charge is 0.506 e. The van der Waals surface area contributed by atoms with E-state index in [9.17, 15) is 33.0 Å². The highest BCUT2D eigenvalue weighted by Crippen LogP contribution is 2.48. The summed E-state index contributed by atoms with van der Waals surface area (Å²) in [6, 6.07) is 6.32. The number of amidine groups is 1. The lowest BCUT2D eigenvalue weighted by molar-refractivity contribution is -0.120. The first-order chi connectivity index (χ1) is 16.7. The summed E-state index contributed by atoms with van der Waals surface area (Å²) in [5.74, 6) is -2.19. The van der Waals surface area contributed by atoms with Gasteiger partial charge in [0.1, 0.15) is 28.6 Å². The molecule has 2 aromatic carbocycles. The minimum atomic E-state index is -3.63. The third-order valence-corrected chi connectivity index (χ3v) is 7.62. The number of hydroxylamine groups is 1. The summed E-state index contributed by atoms with van der Waals surface area (Å²) in [4.78, 5) is 14.1. The van der Waals surface area contributed by atoms with E-state index in [2.05, 4.69) is 9.12 Å². The third-order valence-electron chi connectivity index (χ3n) is 6.24. The fraction of sp³-hybridized carbons (Fsp3) is 0.333. The van der Waals surface area contributed by atoms with Crippen LogP contribution in [0.3, 0.4) is 0 Å². The van der Waals surface area contributed by atoms with Gasteiger partial charge in [-0.15, -0.1) is 0 Å². The minimum absolute atomic E-state index is 0.0507. The predicted molar refractivity (Wildman–Crippen MR) is 137 cm³/mol.